The fourth-order valence-electron chi connectivity index (χ4n) is 1.61. The molecule has 1 atom stereocenters. The van der Waals surface area contributed by atoms with E-state index in [0.29, 0.717) is 5.75 Å². The second-order valence-electron chi connectivity index (χ2n) is 3.86. The molecule has 0 saturated heterocycles. The van der Waals surface area contributed by atoms with Gasteiger partial charge < -0.3 is 10.5 Å². The van der Waals surface area contributed by atoms with Crippen LogP contribution in [0.3, 0.4) is 0 Å². The zero-order chi connectivity index (χ0) is 13.0. The fraction of sp³-hybridized carbons (Fsp3) is 0.333. The Hall–Kier alpha value is -1.53. The van der Waals surface area contributed by atoms with Gasteiger partial charge in [0.15, 0.2) is 0 Å². The van der Waals surface area contributed by atoms with Gasteiger partial charge in [0.2, 0.25) is 5.16 Å². The quantitative estimate of drug-likeness (QED) is 0.807. The summed E-state index contributed by atoms with van der Waals surface area (Å²) >= 11 is 1.53. The number of hydrogen-bond donors (Lipinski definition) is 2. The lowest BCUT2D eigenvalue weighted by molar-refractivity contribution is 0.407. The highest BCUT2D eigenvalue weighted by Crippen LogP contribution is 2.27. The summed E-state index contributed by atoms with van der Waals surface area (Å²) in [4.78, 5) is 4.23. The van der Waals surface area contributed by atoms with Crippen LogP contribution in [-0.4, -0.2) is 28.0 Å². The second kappa shape index (κ2) is 5.88. The van der Waals surface area contributed by atoms with Gasteiger partial charge in [-0.2, -0.15) is 0 Å². The Balaban J connectivity index is 2.01. The maximum absolute atomic E-state index is 6.16. The molecule has 0 aliphatic carbocycles. The molecule has 1 aromatic heterocycles. The monoisotopic (exact) mass is 264 g/mol. The summed E-state index contributed by atoms with van der Waals surface area (Å²) in [5.41, 5.74) is 7.16. The molecule has 18 heavy (non-hydrogen) atoms. The number of rotatable bonds is 5. The second-order valence-corrected chi connectivity index (χ2v) is 4.85. The number of hydrogen-bond acceptors (Lipinski definition) is 5. The Morgan fingerprint density at radius 2 is 2.22 bits per heavy atom. The standard InChI is InChI=1S/C12H16N4OS/c1-8-14-12(16-15-8)18-7-10(13)9-5-3-4-6-11(9)17-2/h3-6,10H,7,13H2,1-2H3,(H,14,15,16). The van der Waals surface area contributed by atoms with Gasteiger partial charge in [0, 0.05) is 17.4 Å². The predicted octanol–water partition coefficient (Wildman–Crippen LogP) is 1.91. The average Bonchev–Trinajstić information content (AvgIpc) is 2.81. The largest absolute Gasteiger partial charge is 0.496 e. The van der Waals surface area contributed by atoms with Crippen molar-refractivity contribution in [1.82, 2.24) is 15.2 Å². The maximum Gasteiger partial charge on any atom is 0.208 e. The molecule has 0 radical (unpaired) electrons. The van der Waals surface area contributed by atoms with Crippen molar-refractivity contribution in [3.63, 3.8) is 0 Å². The van der Waals surface area contributed by atoms with E-state index in [1.54, 1.807) is 7.11 Å². The minimum Gasteiger partial charge on any atom is -0.496 e. The molecule has 1 unspecified atom stereocenters. The van der Waals surface area contributed by atoms with E-state index in [0.717, 1.165) is 22.3 Å². The molecular weight excluding hydrogens is 248 g/mol. The predicted molar refractivity (Wildman–Crippen MR) is 71.8 cm³/mol. The van der Waals surface area contributed by atoms with E-state index in [1.807, 2.05) is 31.2 Å². The summed E-state index contributed by atoms with van der Waals surface area (Å²) in [5.74, 6) is 2.33. The third-order valence-electron chi connectivity index (χ3n) is 2.51. The van der Waals surface area contributed by atoms with E-state index in [2.05, 4.69) is 15.2 Å². The zero-order valence-electron chi connectivity index (χ0n) is 10.4. The third kappa shape index (κ3) is 3.02. The molecule has 3 N–H and O–H groups in total. The highest BCUT2D eigenvalue weighted by Gasteiger charge is 2.12. The van der Waals surface area contributed by atoms with Gasteiger partial charge in [-0.25, -0.2) is 4.98 Å². The van der Waals surface area contributed by atoms with Crippen LogP contribution >= 0.6 is 11.8 Å². The van der Waals surface area contributed by atoms with Crippen molar-refractivity contribution in [2.45, 2.75) is 18.1 Å². The molecule has 0 fully saturated rings. The van der Waals surface area contributed by atoms with Crippen LogP contribution in [0.2, 0.25) is 0 Å². The number of aromatic amines is 1. The molecule has 96 valence electrons. The minimum absolute atomic E-state index is 0.107. The van der Waals surface area contributed by atoms with Crippen molar-refractivity contribution in [1.29, 1.82) is 0 Å². The summed E-state index contributed by atoms with van der Waals surface area (Å²) in [6, 6.07) is 7.68. The number of nitrogens with two attached hydrogens (primary N) is 1. The summed E-state index contributed by atoms with van der Waals surface area (Å²) in [6.45, 7) is 1.87. The van der Waals surface area contributed by atoms with Gasteiger partial charge in [0.25, 0.3) is 0 Å². The normalized spacial score (nSPS) is 12.4. The smallest absolute Gasteiger partial charge is 0.208 e. The van der Waals surface area contributed by atoms with Crippen LogP contribution in [0, 0.1) is 6.92 Å². The first-order chi connectivity index (χ1) is 8.70. The molecular formula is C12H16N4OS. The van der Waals surface area contributed by atoms with E-state index in [1.165, 1.54) is 11.8 Å². The molecule has 0 aliphatic rings. The van der Waals surface area contributed by atoms with Gasteiger partial charge in [0.1, 0.15) is 11.6 Å². The lowest BCUT2D eigenvalue weighted by Gasteiger charge is -2.14. The van der Waals surface area contributed by atoms with Crippen molar-refractivity contribution in [3.05, 3.63) is 35.7 Å². The topological polar surface area (TPSA) is 76.8 Å². The van der Waals surface area contributed by atoms with Crippen LogP contribution in [-0.2, 0) is 0 Å². The SMILES string of the molecule is COc1ccccc1C(N)CSc1n[nH]c(C)n1. The summed E-state index contributed by atoms with van der Waals surface area (Å²) < 4.78 is 5.30. The Morgan fingerprint density at radius 1 is 1.44 bits per heavy atom. The van der Waals surface area contributed by atoms with Crippen LogP contribution < -0.4 is 10.5 Å². The van der Waals surface area contributed by atoms with Crippen molar-refractivity contribution in [2.24, 2.45) is 5.73 Å². The number of aryl methyl sites for hydroxylation is 1. The van der Waals surface area contributed by atoms with E-state index < -0.39 is 0 Å². The van der Waals surface area contributed by atoms with Crippen LogP contribution in [0.1, 0.15) is 17.4 Å². The Kier molecular flexibility index (Phi) is 4.22. The zero-order valence-corrected chi connectivity index (χ0v) is 11.2. The maximum atomic E-state index is 6.16. The van der Waals surface area contributed by atoms with E-state index in [-0.39, 0.29) is 6.04 Å². The lowest BCUT2D eigenvalue weighted by Crippen LogP contribution is -2.14. The Morgan fingerprint density at radius 3 is 2.89 bits per heavy atom. The van der Waals surface area contributed by atoms with Gasteiger partial charge in [-0.15, -0.1) is 5.10 Å². The molecule has 0 aliphatic heterocycles. The highest BCUT2D eigenvalue weighted by atomic mass is 32.2. The molecule has 0 bridgehead atoms. The highest BCUT2D eigenvalue weighted by molar-refractivity contribution is 7.99. The number of methoxy groups -OCH3 is 1. The van der Waals surface area contributed by atoms with Crippen LogP contribution in [0.15, 0.2) is 29.4 Å². The first-order valence-electron chi connectivity index (χ1n) is 5.61. The van der Waals surface area contributed by atoms with Crippen molar-refractivity contribution < 1.29 is 4.74 Å². The van der Waals surface area contributed by atoms with Crippen molar-refractivity contribution >= 4 is 11.8 Å². The summed E-state index contributed by atoms with van der Waals surface area (Å²) in [6.07, 6.45) is 0. The average molecular weight is 264 g/mol. The van der Waals surface area contributed by atoms with Crippen LogP contribution in [0.25, 0.3) is 0 Å². The van der Waals surface area contributed by atoms with Gasteiger partial charge in [-0.05, 0) is 13.0 Å². The number of para-hydroxylation sites is 1. The van der Waals surface area contributed by atoms with Gasteiger partial charge in [-0.3, -0.25) is 5.10 Å². The fourth-order valence-corrected chi connectivity index (χ4v) is 2.43. The van der Waals surface area contributed by atoms with Gasteiger partial charge in [0.05, 0.1) is 7.11 Å². The lowest BCUT2D eigenvalue weighted by atomic mass is 10.1. The number of nitrogens with zero attached hydrogens (tertiary/aromatic N) is 2. The van der Waals surface area contributed by atoms with Gasteiger partial charge >= 0.3 is 0 Å². The molecule has 5 nitrogen and oxygen atoms in total. The number of ether oxygens (including phenoxy) is 1. The number of benzene rings is 1. The number of H-pyrrole nitrogens is 1. The van der Waals surface area contributed by atoms with Crippen LogP contribution in [0.5, 0.6) is 5.75 Å². The van der Waals surface area contributed by atoms with E-state index in [9.17, 15) is 0 Å². The third-order valence-corrected chi connectivity index (χ3v) is 3.47. The molecule has 1 heterocycles. The Bertz CT molecular complexity index is 514. The number of nitrogens with one attached hydrogen (secondary N) is 1. The molecule has 6 heteroatoms. The molecule has 0 saturated carbocycles. The molecule has 0 amide bonds. The molecule has 2 aromatic rings. The molecule has 1 aromatic carbocycles. The molecule has 2 rings (SSSR count). The first-order valence-corrected chi connectivity index (χ1v) is 6.59. The summed E-state index contributed by atoms with van der Waals surface area (Å²) in [7, 11) is 1.65. The first kappa shape index (κ1) is 12.9. The van der Waals surface area contributed by atoms with Gasteiger partial charge in [-0.1, -0.05) is 30.0 Å². The Labute approximate surface area is 110 Å². The van der Waals surface area contributed by atoms with Crippen LogP contribution in [0.4, 0.5) is 0 Å². The van der Waals surface area contributed by atoms with E-state index in [4.69, 9.17) is 10.5 Å². The van der Waals surface area contributed by atoms with Crippen molar-refractivity contribution in [2.75, 3.05) is 12.9 Å². The summed E-state index contributed by atoms with van der Waals surface area (Å²) in [5, 5.41) is 7.59. The number of thioether (sulfide) groups is 1. The molecule has 0 spiro atoms. The van der Waals surface area contributed by atoms with E-state index >= 15 is 0 Å². The van der Waals surface area contributed by atoms with Crippen molar-refractivity contribution in [3.8, 4) is 5.75 Å². The number of aromatic nitrogens is 3. The minimum atomic E-state index is -0.107.